The van der Waals surface area contributed by atoms with Gasteiger partial charge in [-0.3, -0.25) is 4.18 Å². The molecule has 0 saturated heterocycles. The minimum atomic E-state index is -3.67. The second-order valence-corrected chi connectivity index (χ2v) is 7.52. The monoisotopic (exact) mass is 352 g/mol. The standard InChI is InChI=1S/C16H20N2O3S2/c1-12-11-14(18-16(17-12)22-3)9-6-8-13-7-4-5-10-15(13)23(19,20)21-2/h4-5,7,10-11H,6,8-9H2,1-3H3. The van der Waals surface area contributed by atoms with Gasteiger partial charge in [0.05, 0.1) is 12.0 Å². The number of benzene rings is 1. The summed E-state index contributed by atoms with van der Waals surface area (Å²) in [5.41, 5.74) is 2.70. The lowest BCUT2D eigenvalue weighted by molar-refractivity contribution is 0.397. The summed E-state index contributed by atoms with van der Waals surface area (Å²) < 4.78 is 28.5. The molecule has 1 heterocycles. The Morgan fingerprint density at radius 2 is 1.91 bits per heavy atom. The molecule has 0 fully saturated rings. The van der Waals surface area contributed by atoms with E-state index in [0.29, 0.717) is 6.42 Å². The molecule has 1 aromatic carbocycles. The lowest BCUT2D eigenvalue weighted by atomic mass is 10.1. The fourth-order valence-electron chi connectivity index (χ4n) is 2.33. The first-order chi connectivity index (χ1) is 11.0. The topological polar surface area (TPSA) is 69.2 Å². The minimum Gasteiger partial charge on any atom is -0.270 e. The first-order valence-electron chi connectivity index (χ1n) is 7.23. The highest BCUT2D eigenvalue weighted by Gasteiger charge is 2.17. The summed E-state index contributed by atoms with van der Waals surface area (Å²) >= 11 is 1.52. The Hall–Kier alpha value is -1.44. The maximum absolute atomic E-state index is 11.9. The second kappa shape index (κ2) is 7.90. The van der Waals surface area contributed by atoms with E-state index < -0.39 is 10.1 Å². The predicted molar refractivity (Wildman–Crippen MR) is 91.2 cm³/mol. The number of aromatic nitrogens is 2. The maximum Gasteiger partial charge on any atom is 0.296 e. The van der Waals surface area contributed by atoms with Gasteiger partial charge in [0.2, 0.25) is 0 Å². The quantitative estimate of drug-likeness (QED) is 0.433. The van der Waals surface area contributed by atoms with Gasteiger partial charge in [0.25, 0.3) is 10.1 Å². The van der Waals surface area contributed by atoms with Crippen LogP contribution >= 0.6 is 11.8 Å². The molecule has 0 saturated carbocycles. The SMILES string of the molecule is COS(=O)(=O)c1ccccc1CCCc1cc(C)nc(SC)n1. The van der Waals surface area contributed by atoms with Gasteiger partial charge in [-0.1, -0.05) is 30.0 Å². The van der Waals surface area contributed by atoms with Gasteiger partial charge in [-0.15, -0.1) is 0 Å². The van der Waals surface area contributed by atoms with Crippen molar-refractivity contribution in [3.05, 3.63) is 47.3 Å². The lowest BCUT2D eigenvalue weighted by Crippen LogP contribution is -2.07. The van der Waals surface area contributed by atoms with Crippen molar-refractivity contribution >= 4 is 21.9 Å². The molecule has 0 atom stereocenters. The number of rotatable bonds is 7. The average Bonchev–Trinajstić information content (AvgIpc) is 2.54. The third-order valence-electron chi connectivity index (χ3n) is 3.41. The maximum atomic E-state index is 11.9. The Kier molecular flexibility index (Phi) is 6.15. The molecule has 5 nitrogen and oxygen atoms in total. The van der Waals surface area contributed by atoms with Crippen molar-refractivity contribution in [1.29, 1.82) is 0 Å². The molecule has 0 aliphatic rings. The molecule has 0 N–H and O–H groups in total. The van der Waals surface area contributed by atoms with Crippen molar-refractivity contribution in [2.75, 3.05) is 13.4 Å². The van der Waals surface area contributed by atoms with Crippen molar-refractivity contribution in [2.24, 2.45) is 0 Å². The van der Waals surface area contributed by atoms with Gasteiger partial charge < -0.3 is 0 Å². The van der Waals surface area contributed by atoms with Crippen LogP contribution in [0.25, 0.3) is 0 Å². The Morgan fingerprint density at radius 3 is 2.61 bits per heavy atom. The van der Waals surface area contributed by atoms with Crippen LogP contribution < -0.4 is 0 Å². The van der Waals surface area contributed by atoms with Gasteiger partial charge in [-0.2, -0.15) is 8.42 Å². The highest BCUT2D eigenvalue weighted by atomic mass is 32.2. The molecule has 23 heavy (non-hydrogen) atoms. The van der Waals surface area contributed by atoms with Crippen LogP contribution in [0.15, 0.2) is 40.4 Å². The number of hydrogen-bond acceptors (Lipinski definition) is 6. The highest BCUT2D eigenvalue weighted by molar-refractivity contribution is 7.98. The summed E-state index contributed by atoms with van der Waals surface area (Å²) in [6.07, 6.45) is 4.18. The van der Waals surface area contributed by atoms with Gasteiger partial charge in [-0.25, -0.2) is 9.97 Å². The Labute approximate surface area is 141 Å². The fourth-order valence-corrected chi connectivity index (χ4v) is 3.69. The first kappa shape index (κ1) is 17.9. The zero-order valence-corrected chi connectivity index (χ0v) is 15.1. The van der Waals surface area contributed by atoms with Crippen molar-refractivity contribution in [2.45, 2.75) is 36.2 Å². The summed E-state index contributed by atoms with van der Waals surface area (Å²) in [6, 6.07) is 8.91. The fraction of sp³-hybridized carbons (Fsp3) is 0.375. The van der Waals surface area contributed by atoms with Crippen LogP contribution in [0, 0.1) is 6.92 Å². The molecule has 2 aromatic rings. The molecule has 7 heteroatoms. The summed E-state index contributed by atoms with van der Waals surface area (Å²) in [6.45, 7) is 1.95. The molecule has 0 aliphatic carbocycles. The van der Waals surface area contributed by atoms with Crippen LogP contribution in [0.3, 0.4) is 0 Å². The predicted octanol–water partition coefficient (Wildman–Crippen LogP) is 3.02. The number of hydrogen-bond donors (Lipinski definition) is 0. The van der Waals surface area contributed by atoms with E-state index >= 15 is 0 Å². The van der Waals surface area contributed by atoms with E-state index in [1.54, 1.807) is 12.1 Å². The molecule has 0 unspecified atom stereocenters. The van der Waals surface area contributed by atoms with Crippen LogP contribution in [-0.4, -0.2) is 31.8 Å². The van der Waals surface area contributed by atoms with E-state index in [-0.39, 0.29) is 4.90 Å². The molecule has 2 rings (SSSR count). The summed E-state index contributed by atoms with van der Waals surface area (Å²) in [5, 5.41) is 0.766. The van der Waals surface area contributed by atoms with E-state index in [9.17, 15) is 8.42 Å². The zero-order valence-electron chi connectivity index (χ0n) is 13.4. The van der Waals surface area contributed by atoms with Gasteiger partial charge in [0, 0.05) is 11.4 Å². The number of nitrogens with zero attached hydrogens (tertiary/aromatic N) is 2. The largest absolute Gasteiger partial charge is 0.296 e. The van der Waals surface area contributed by atoms with Gasteiger partial charge in [0.15, 0.2) is 5.16 Å². The van der Waals surface area contributed by atoms with Gasteiger partial charge in [0.1, 0.15) is 0 Å². The Morgan fingerprint density at radius 1 is 1.17 bits per heavy atom. The van der Waals surface area contributed by atoms with Crippen molar-refractivity contribution in [1.82, 2.24) is 9.97 Å². The normalized spacial score (nSPS) is 11.6. The van der Waals surface area contributed by atoms with Crippen molar-refractivity contribution in [3.8, 4) is 0 Å². The van der Waals surface area contributed by atoms with Crippen LogP contribution in [0.1, 0.15) is 23.4 Å². The molecule has 0 spiro atoms. The smallest absolute Gasteiger partial charge is 0.270 e. The zero-order chi connectivity index (χ0) is 16.9. The lowest BCUT2D eigenvalue weighted by Gasteiger charge is -2.09. The van der Waals surface area contributed by atoms with E-state index in [4.69, 9.17) is 0 Å². The third-order valence-corrected chi connectivity index (χ3v) is 5.33. The Balaban J connectivity index is 2.09. The van der Waals surface area contributed by atoms with E-state index in [0.717, 1.165) is 34.9 Å². The van der Waals surface area contributed by atoms with Crippen molar-refractivity contribution in [3.63, 3.8) is 0 Å². The minimum absolute atomic E-state index is 0.242. The molecular weight excluding hydrogens is 332 g/mol. The number of thioether (sulfide) groups is 1. The first-order valence-corrected chi connectivity index (χ1v) is 9.86. The van der Waals surface area contributed by atoms with E-state index in [1.807, 2.05) is 31.4 Å². The van der Waals surface area contributed by atoms with Crippen LogP contribution in [0.5, 0.6) is 0 Å². The summed E-state index contributed by atoms with van der Waals surface area (Å²) in [5.74, 6) is 0. The molecule has 124 valence electrons. The molecule has 1 aromatic heterocycles. The van der Waals surface area contributed by atoms with Crippen LogP contribution in [0.4, 0.5) is 0 Å². The van der Waals surface area contributed by atoms with E-state index in [1.165, 1.54) is 18.9 Å². The average molecular weight is 352 g/mol. The van der Waals surface area contributed by atoms with Crippen molar-refractivity contribution < 1.29 is 12.6 Å². The second-order valence-electron chi connectivity index (χ2n) is 5.07. The molecular formula is C16H20N2O3S2. The van der Waals surface area contributed by atoms with Gasteiger partial charge in [-0.05, 0) is 50.1 Å². The van der Waals surface area contributed by atoms with E-state index in [2.05, 4.69) is 14.2 Å². The summed E-state index contributed by atoms with van der Waals surface area (Å²) in [4.78, 5) is 9.05. The van der Waals surface area contributed by atoms with Gasteiger partial charge >= 0.3 is 0 Å². The van der Waals surface area contributed by atoms with Crippen LogP contribution in [0.2, 0.25) is 0 Å². The molecule has 0 bridgehead atoms. The number of aryl methyl sites for hydroxylation is 3. The highest BCUT2D eigenvalue weighted by Crippen LogP contribution is 2.20. The van der Waals surface area contributed by atoms with Crippen LogP contribution in [-0.2, 0) is 27.1 Å². The Bertz CT molecular complexity index is 777. The third kappa shape index (κ3) is 4.76. The summed E-state index contributed by atoms with van der Waals surface area (Å²) in [7, 11) is -2.49. The molecule has 0 radical (unpaired) electrons. The molecule has 0 amide bonds. The molecule has 0 aliphatic heterocycles.